The van der Waals surface area contributed by atoms with Crippen molar-refractivity contribution in [2.75, 3.05) is 11.9 Å². The molecular weight excluding hydrogens is 401 g/mol. The number of fused-ring (bicyclic) bond motifs is 1. The lowest BCUT2D eigenvalue weighted by molar-refractivity contribution is -0.114. The van der Waals surface area contributed by atoms with Gasteiger partial charge in [-0.1, -0.05) is 36.0 Å². The molecule has 3 aromatic rings. The minimum absolute atomic E-state index is 0.236. The van der Waals surface area contributed by atoms with Crippen LogP contribution < -0.4 is 10.2 Å². The zero-order valence-electron chi connectivity index (χ0n) is 16.1. The van der Waals surface area contributed by atoms with E-state index in [9.17, 15) is 14.0 Å². The Hall–Kier alpha value is -3.45. The lowest BCUT2D eigenvalue weighted by atomic mass is 10.1. The molecular formula is C23H18FN3O2S. The van der Waals surface area contributed by atoms with E-state index in [1.807, 2.05) is 12.1 Å². The zero-order valence-corrected chi connectivity index (χ0v) is 16.9. The van der Waals surface area contributed by atoms with Gasteiger partial charge in [0.05, 0.1) is 10.6 Å². The van der Waals surface area contributed by atoms with Gasteiger partial charge < -0.3 is 10.2 Å². The molecule has 0 fully saturated rings. The number of benzene rings is 2. The molecule has 1 aliphatic heterocycles. The minimum Gasteiger partial charge on any atom is -0.348 e. The summed E-state index contributed by atoms with van der Waals surface area (Å²) < 4.78 is 14.0. The summed E-state index contributed by atoms with van der Waals surface area (Å²) in [7, 11) is 1.65. The minimum atomic E-state index is -0.382. The van der Waals surface area contributed by atoms with E-state index < -0.39 is 0 Å². The lowest BCUT2D eigenvalue weighted by Crippen LogP contribution is -2.31. The van der Waals surface area contributed by atoms with Gasteiger partial charge in [0.1, 0.15) is 5.82 Å². The molecule has 1 aliphatic rings. The highest BCUT2D eigenvalue weighted by Gasteiger charge is 2.27. The molecule has 1 aromatic heterocycles. The van der Waals surface area contributed by atoms with Crippen molar-refractivity contribution in [1.29, 1.82) is 0 Å². The summed E-state index contributed by atoms with van der Waals surface area (Å²) in [6.07, 6.45) is 4.92. The molecule has 2 heterocycles. The number of carbonyl (C=O) groups excluding carboxylic acids is 2. The fraction of sp³-hybridized carbons (Fsp3) is 0.0870. The SMILES string of the molecule is CN1C(=O)/C(=C/c2ccccc2F)Sc2ccc(C(=O)NCc3cccnc3)cc21. The number of thioether (sulfide) groups is 1. The van der Waals surface area contributed by atoms with Crippen LogP contribution in [0.15, 0.2) is 76.8 Å². The van der Waals surface area contributed by atoms with E-state index >= 15 is 0 Å². The molecule has 2 amide bonds. The number of carbonyl (C=O) groups is 2. The Kier molecular flexibility index (Phi) is 5.63. The first-order valence-corrected chi connectivity index (χ1v) is 10.1. The summed E-state index contributed by atoms with van der Waals surface area (Å²) >= 11 is 1.27. The fourth-order valence-electron chi connectivity index (χ4n) is 3.06. The second-order valence-corrected chi connectivity index (χ2v) is 7.81. The third-order valence-corrected chi connectivity index (χ3v) is 5.76. The van der Waals surface area contributed by atoms with Crippen LogP contribution in [0.4, 0.5) is 10.1 Å². The highest BCUT2D eigenvalue weighted by atomic mass is 32.2. The molecule has 150 valence electrons. The molecule has 5 nitrogen and oxygen atoms in total. The van der Waals surface area contributed by atoms with E-state index in [1.54, 1.807) is 61.9 Å². The van der Waals surface area contributed by atoms with Gasteiger partial charge >= 0.3 is 0 Å². The maximum atomic E-state index is 14.0. The Bertz CT molecular complexity index is 1150. The number of nitrogens with one attached hydrogen (secondary N) is 1. The van der Waals surface area contributed by atoms with Crippen LogP contribution in [0, 0.1) is 5.82 Å². The molecule has 30 heavy (non-hydrogen) atoms. The maximum absolute atomic E-state index is 14.0. The van der Waals surface area contributed by atoms with E-state index in [-0.39, 0.29) is 17.6 Å². The number of hydrogen-bond acceptors (Lipinski definition) is 4. The number of anilines is 1. The summed E-state index contributed by atoms with van der Waals surface area (Å²) in [5, 5.41) is 2.85. The van der Waals surface area contributed by atoms with Crippen LogP contribution >= 0.6 is 11.8 Å². The van der Waals surface area contributed by atoms with Crippen molar-refractivity contribution in [3.63, 3.8) is 0 Å². The summed E-state index contributed by atoms with van der Waals surface area (Å²) in [6, 6.07) is 15.2. The lowest BCUT2D eigenvalue weighted by Gasteiger charge is -2.27. The number of pyridine rings is 1. The second-order valence-electron chi connectivity index (χ2n) is 6.72. The Morgan fingerprint density at radius 3 is 2.80 bits per heavy atom. The van der Waals surface area contributed by atoms with Crippen LogP contribution in [-0.2, 0) is 11.3 Å². The average Bonchev–Trinajstić information content (AvgIpc) is 2.77. The van der Waals surface area contributed by atoms with E-state index in [4.69, 9.17) is 0 Å². The van der Waals surface area contributed by atoms with Gasteiger partial charge in [0.2, 0.25) is 0 Å². The molecule has 0 radical (unpaired) electrons. The van der Waals surface area contributed by atoms with Gasteiger partial charge in [-0.2, -0.15) is 0 Å². The van der Waals surface area contributed by atoms with Crippen LogP contribution in [0.5, 0.6) is 0 Å². The maximum Gasteiger partial charge on any atom is 0.264 e. The molecule has 7 heteroatoms. The Morgan fingerprint density at radius 1 is 1.20 bits per heavy atom. The predicted molar refractivity (Wildman–Crippen MR) is 115 cm³/mol. The third-order valence-electron chi connectivity index (χ3n) is 4.69. The van der Waals surface area contributed by atoms with Gasteiger partial charge in [-0.25, -0.2) is 4.39 Å². The molecule has 2 aromatic carbocycles. The van der Waals surface area contributed by atoms with Crippen LogP contribution in [0.3, 0.4) is 0 Å². The normalized spacial score (nSPS) is 14.5. The Balaban J connectivity index is 1.55. The largest absolute Gasteiger partial charge is 0.348 e. The van der Waals surface area contributed by atoms with Gasteiger partial charge in [-0.3, -0.25) is 14.6 Å². The molecule has 0 spiro atoms. The van der Waals surface area contributed by atoms with Crippen molar-refractivity contribution < 1.29 is 14.0 Å². The number of amides is 2. The number of aromatic nitrogens is 1. The van der Waals surface area contributed by atoms with Gasteiger partial charge in [-0.15, -0.1) is 0 Å². The molecule has 0 aliphatic carbocycles. The number of halogens is 1. The van der Waals surface area contributed by atoms with Gasteiger partial charge in [0.15, 0.2) is 0 Å². The van der Waals surface area contributed by atoms with Crippen molar-refractivity contribution in [3.05, 3.63) is 94.4 Å². The highest BCUT2D eigenvalue weighted by Crippen LogP contribution is 2.42. The van der Waals surface area contributed by atoms with Crippen molar-refractivity contribution >= 4 is 35.3 Å². The van der Waals surface area contributed by atoms with Gasteiger partial charge in [-0.05, 0) is 42.0 Å². The topological polar surface area (TPSA) is 62.3 Å². The smallest absolute Gasteiger partial charge is 0.264 e. The fourth-order valence-corrected chi connectivity index (χ4v) is 4.14. The second kappa shape index (κ2) is 8.51. The molecule has 0 unspecified atom stereocenters. The van der Waals surface area contributed by atoms with Crippen LogP contribution in [-0.4, -0.2) is 23.8 Å². The summed E-state index contributed by atoms with van der Waals surface area (Å²) in [4.78, 5) is 32.1. The predicted octanol–water partition coefficient (Wildman–Crippen LogP) is 4.26. The summed E-state index contributed by atoms with van der Waals surface area (Å²) in [6.45, 7) is 0.364. The number of hydrogen-bond donors (Lipinski definition) is 1. The van der Waals surface area contributed by atoms with E-state index in [2.05, 4.69) is 10.3 Å². The molecule has 0 saturated heterocycles. The van der Waals surface area contributed by atoms with Crippen LogP contribution in [0.2, 0.25) is 0 Å². The van der Waals surface area contributed by atoms with Crippen molar-refractivity contribution in [3.8, 4) is 0 Å². The van der Waals surface area contributed by atoms with Gasteiger partial charge in [0.25, 0.3) is 11.8 Å². The quantitative estimate of drug-likeness (QED) is 0.642. The monoisotopic (exact) mass is 419 g/mol. The zero-order chi connectivity index (χ0) is 21.1. The Morgan fingerprint density at radius 2 is 2.03 bits per heavy atom. The molecule has 0 atom stereocenters. The number of nitrogens with zero attached hydrogens (tertiary/aromatic N) is 2. The van der Waals surface area contributed by atoms with Crippen LogP contribution in [0.25, 0.3) is 6.08 Å². The van der Waals surface area contributed by atoms with Crippen LogP contribution in [0.1, 0.15) is 21.5 Å². The van der Waals surface area contributed by atoms with Crippen molar-refractivity contribution in [2.24, 2.45) is 0 Å². The molecule has 1 N–H and O–H groups in total. The van der Waals surface area contributed by atoms with E-state index in [0.29, 0.717) is 28.3 Å². The molecule has 0 saturated carbocycles. The highest BCUT2D eigenvalue weighted by molar-refractivity contribution is 8.04. The molecule has 4 rings (SSSR count). The summed E-state index contributed by atoms with van der Waals surface area (Å²) in [5.41, 5.74) is 2.36. The third kappa shape index (κ3) is 4.11. The number of likely N-dealkylation sites (N-methyl/N-ethyl adjacent to an activating group) is 1. The summed E-state index contributed by atoms with van der Waals surface area (Å²) in [5.74, 6) is -0.864. The standard InChI is InChI=1S/C23H18FN3O2S/c1-27-19-11-17(22(28)26-14-15-5-4-10-25-13-15)8-9-20(19)30-21(23(27)29)12-16-6-2-3-7-18(16)24/h2-13H,14H2,1H3,(H,26,28)/b21-12-. The van der Waals surface area contributed by atoms with Gasteiger partial charge in [0, 0.05) is 42.0 Å². The Labute approximate surface area is 177 Å². The van der Waals surface area contributed by atoms with Crippen molar-refractivity contribution in [1.82, 2.24) is 10.3 Å². The average molecular weight is 419 g/mol. The van der Waals surface area contributed by atoms with E-state index in [1.165, 1.54) is 22.7 Å². The number of rotatable bonds is 4. The first-order chi connectivity index (χ1) is 14.5. The first kappa shape index (κ1) is 19.8. The van der Waals surface area contributed by atoms with E-state index in [0.717, 1.165) is 10.5 Å². The molecule has 0 bridgehead atoms. The first-order valence-electron chi connectivity index (χ1n) is 9.26. The van der Waals surface area contributed by atoms with Crippen molar-refractivity contribution in [2.45, 2.75) is 11.4 Å².